The Morgan fingerprint density at radius 3 is 2.50 bits per heavy atom. The number of carbonyl (C=O) groups is 1. The minimum absolute atomic E-state index is 0.0305. The average Bonchev–Trinajstić information content (AvgIpc) is 2.73. The van der Waals surface area contributed by atoms with Crippen LogP contribution in [0.4, 0.5) is 13.2 Å². The van der Waals surface area contributed by atoms with Crippen LogP contribution in [0.2, 0.25) is 0 Å². The van der Waals surface area contributed by atoms with Gasteiger partial charge in [-0.25, -0.2) is 0 Å². The lowest BCUT2D eigenvalue weighted by Crippen LogP contribution is -2.11. The van der Waals surface area contributed by atoms with Crippen LogP contribution in [-0.4, -0.2) is 13.1 Å². The summed E-state index contributed by atoms with van der Waals surface area (Å²) in [6.07, 6.45) is -3.84. The Kier molecular flexibility index (Phi) is 3.19. The summed E-state index contributed by atoms with van der Waals surface area (Å²) in [5.41, 5.74) is -0.722. The predicted octanol–water partition coefficient (Wildman–Crippen LogP) is 3.13. The van der Waals surface area contributed by atoms with Gasteiger partial charge < -0.3 is 14.3 Å². The molecule has 0 amide bonds. The van der Waals surface area contributed by atoms with Crippen molar-refractivity contribution in [2.75, 3.05) is 6.79 Å². The van der Waals surface area contributed by atoms with Gasteiger partial charge in [0.1, 0.15) is 6.29 Å². The van der Waals surface area contributed by atoms with Crippen molar-refractivity contribution in [2.45, 2.75) is 25.4 Å². The molecule has 0 saturated carbocycles. The van der Waals surface area contributed by atoms with Gasteiger partial charge in [0, 0.05) is 6.42 Å². The van der Waals surface area contributed by atoms with Crippen molar-refractivity contribution < 1.29 is 27.4 Å². The van der Waals surface area contributed by atoms with E-state index in [0.717, 1.165) is 6.07 Å². The second kappa shape index (κ2) is 4.51. The number of hydrogen-bond donors (Lipinski definition) is 0. The Morgan fingerprint density at radius 1 is 1.33 bits per heavy atom. The SMILES string of the molecule is CC(CC=O)c1cc2c(cc1C(F)(F)F)OCO2. The van der Waals surface area contributed by atoms with E-state index in [1.807, 2.05) is 0 Å². The number of alkyl halides is 3. The molecule has 1 aliphatic rings. The molecule has 3 nitrogen and oxygen atoms in total. The number of hydrogen-bond acceptors (Lipinski definition) is 3. The minimum atomic E-state index is -4.48. The van der Waals surface area contributed by atoms with E-state index in [-0.39, 0.29) is 30.3 Å². The number of carbonyl (C=O) groups excluding carboxylic acids is 1. The van der Waals surface area contributed by atoms with E-state index >= 15 is 0 Å². The van der Waals surface area contributed by atoms with Gasteiger partial charge in [-0.05, 0) is 23.6 Å². The summed E-state index contributed by atoms with van der Waals surface area (Å²) >= 11 is 0. The van der Waals surface area contributed by atoms with Gasteiger partial charge in [0.05, 0.1) is 5.56 Å². The van der Waals surface area contributed by atoms with Crippen LogP contribution in [-0.2, 0) is 11.0 Å². The lowest BCUT2D eigenvalue weighted by Gasteiger charge is -2.17. The molecule has 98 valence electrons. The topological polar surface area (TPSA) is 35.5 Å². The van der Waals surface area contributed by atoms with Gasteiger partial charge in [0.2, 0.25) is 6.79 Å². The standard InChI is InChI=1S/C12H11F3O3/c1-7(2-3-16)8-4-10-11(18-6-17-10)5-9(8)12(13,14)15/h3-5,7H,2,6H2,1H3. The first kappa shape index (κ1) is 12.7. The van der Waals surface area contributed by atoms with Crippen LogP contribution in [0, 0.1) is 0 Å². The molecule has 1 aromatic rings. The van der Waals surface area contributed by atoms with Crippen LogP contribution in [0.1, 0.15) is 30.4 Å². The van der Waals surface area contributed by atoms with Gasteiger partial charge in [0.25, 0.3) is 0 Å². The molecule has 1 aliphatic heterocycles. The molecular weight excluding hydrogens is 249 g/mol. The van der Waals surface area contributed by atoms with Crippen LogP contribution in [0.5, 0.6) is 11.5 Å². The van der Waals surface area contributed by atoms with Gasteiger partial charge in [-0.1, -0.05) is 6.92 Å². The Balaban J connectivity index is 2.51. The molecule has 1 aromatic carbocycles. The lowest BCUT2D eigenvalue weighted by atomic mass is 9.92. The summed E-state index contributed by atoms with van der Waals surface area (Å²) in [5.74, 6) is -0.145. The zero-order valence-electron chi connectivity index (χ0n) is 9.58. The monoisotopic (exact) mass is 260 g/mol. The Hall–Kier alpha value is -1.72. The summed E-state index contributed by atoms with van der Waals surface area (Å²) in [5, 5.41) is 0. The number of fused-ring (bicyclic) bond motifs is 1. The second-order valence-corrected chi connectivity index (χ2v) is 4.09. The van der Waals surface area contributed by atoms with Gasteiger partial charge in [-0.2, -0.15) is 13.2 Å². The van der Waals surface area contributed by atoms with Crippen molar-refractivity contribution in [3.63, 3.8) is 0 Å². The van der Waals surface area contributed by atoms with E-state index in [1.54, 1.807) is 6.92 Å². The number of aldehydes is 1. The summed E-state index contributed by atoms with van der Waals surface area (Å²) in [7, 11) is 0. The highest BCUT2D eigenvalue weighted by Crippen LogP contribution is 2.43. The van der Waals surface area contributed by atoms with Crippen molar-refractivity contribution in [1.29, 1.82) is 0 Å². The summed E-state index contributed by atoms with van der Waals surface area (Å²) in [6.45, 7) is 1.49. The van der Waals surface area contributed by atoms with Crippen LogP contribution in [0.3, 0.4) is 0 Å². The molecule has 2 rings (SSSR count). The summed E-state index contributed by atoms with van der Waals surface area (Å²) in [4.78, 5) is 10.4. The Morgan fingerprint density at radius 2 is 1.94 bits per heavy atom. The molecule has 1 unspecified atom stereocenters. The largest absolute Gasteiger partial charge is 0.454 e. The maximum atomic E-state index is 12.9. The Bertz CT molecular complexity index is 468. The molecule has 18 heavy (non-hydrogen) atoms. The molecule has 1 atom stereocenters. The molecule has 0 bridgehead atoms. The predicted molar refractivity (Wildman–Crippen MR) is 56.7 cm³/mol. The van der Waals surface area contributed by atoms with Crippen LogP contribution in [0.25, 0.3) is 0 Å². The van der Waals surface area contributed by atoms with Crippen molar-refractivity contribution in [1.82, 2.24) is 0 Å². The third-order valence-electron chi connectivity index (χ3n) is 2.83. The normalized spacial score (nSPS) is 15.6. The first-order chi connectivity index (χ1) is 8.43. The van der Waals surface area contributed by atoms with E-state index in [1.165, 1.54) is 6.07 Å². The number of halogens is 3. The zero-order valence-corrected chi connectivity index (χ0v) is 9.58. The van der Waals surface area contributed by atoms with Crippen molar-refractivity contribution in [3.05, 3.63) is 23.3 Å². The van der Waals surface area contributed by atoms with E-state index in [4.69, 9.17) is 9.47 Å². The van der Waals surface area contributed by atoms with Crippen molar-refractivity contribution in [3.8, 4) is 11.5 Å². The van der Waals surface area contributed by atoms with Gasteiger partial charge in [-0.3, -0.25) is 0 Å². The van der Waals surface area contributed by atoms with Gasteiger partial charge in [0.15, 0.2) is 11.5 Å². The molecule has 0 saturated heterocycles. The highest BCUT2D eigenvalue weighted by molar-refractivity contribution is 5.55. The van der Waals surface area contributed by atoms with Crippen molar-refractivity contribution >= 4 is 6.29 Å². The maximum Gasteiger partial charge on any atom is 0.416 e. The van der Waals surface area contributed by atoms with Gasteiger partial charge >= 0.3 is 6.18 Å². The minimum Gasteiger partial charge on any atom is -0.454 e. The lowest BCUT2D eigenvalue weighted by molar-refractivity contribution is -0.138. The highest BCUT2D eigenvalue weighted by Gasteiger charge is 2.36. The maximum absolute atomic E-state index is 12.9. The Labute approximate surface area is 102 Å². The fourth-order valence-corrected chi connectivity index (χ4v) is 1.88. The molecule has 0 fully saturated rings. The molecule has 1 heterocycles. The number of benzene rings is 1. The smallest absolute Gasteiger partial charge is 0.416 e. The summed E-state index contributed by atoms with van der Waals surface area (Å²) in [6, 6.07) is 2.23. The first-order valence-electron chi connectivity index (χ1n) is 5.38. The van der Waals surface area contributed by atoms with E-state index in [2.05, 4.69) is 0 Å². The molecule has 0 N–H and O–H groups in total. The van der Waals surface area contributed by atoms with Crippen molar-refractivity contribution in [2.24, 2.45) is 0 Å². The average molecular weight is 260 g/mol. The molecule has 6 heteroatoms. The third kappa shape index (κ3) is 2.27. The molecule has 0 spiro atoms. The van der Waals surface area contributed by atoms with Gasteiger partial charge in [-0.15, -0.1) is 0 Å². The van der Waals surface area contributed by atoms with E-state index in [0.29, 0.717) is 6.29 Å². The van der Waals surface area contributed by atoms with Crippen LogP contribution < -0.4 is 9.47 Å². The zero-order chi connectivity index (χ0) is 13.3. The highest BCUT2D eigenvalue weighted by atomic mass is 19.4. The number of rotatable bonds is 3. The quantitative estimate of drug-likeness (QED) is 0.783. The second-order valence-electron chi connectivity index (χ2n) is 4.09. The fraction of sp³-hybridized carbons (Fsp3) is 0.417. The molecule has 0 aromatic heterocycles. The third-order valence-corrected chi connectivity index (χ3v) is 2.83. The fourth-order valence-electron chi connectivity index (χ4n) is 1.88. The molecule has 0 radical (unpaired) electrons. The van der Waals surface area contributed by atoms with E-state index < -0.39 is 17.7 Å². The molecular formula is C12H11F3O3. The van der Waals surface area contributed by atoms with Crippen LogP contribution >= 0.6 is 0 Å². The molecule has 0 aliphatic carbocycles. The number of ether oxygens (including phenoxy) is 2. The first-order valence-corrected chi connectivity index (χ1v) is 5.38. The summed E-state index contributed by atoms with van der Waals surface area (Å²) < 4.78 is 48.8. The van der Waals surface area contributed by atoms with E-state index in [9.17, 15) is 18.0 Å². The van der Waals surface area contributed by atoms with Crippen LogP contribution in [0.15, 0.2) is 12.1 Å².